The highest BCUT2D eigenvalue weighted by atomic mass is 15.4. The van der Waals surface area contributed by atoms with Gasteiger partial charge in [-0.05, 0) is 89.4 Å². The van der Waals surface area contributed by atoms with Gasteiger partial charge < -0.3 is 9.80 Å². The van der Waals surface area contributed by atoms with Gasteiger partial charge in [0.2, 0.25) is 0 Å². The van der Waals surface area contributed by atoms with Gasteiger partial charge in [0.25, 0.3) is 0 Å². The Morgan fingerprint density at radius 1 is 0.900 bits per heavy atom. The molecular weight excluding hydrogens is 370 g/mol. The van der Waals surface area contributed by atoms with Crippen LogP contribution in [-0.2, 0) is 0 Å². The second-order valence-corrected chi connectivity index (χ2v) is 10.5. The van der Waals surface area contributed by atoms with E-state index in [9.17, 15) is 0 Å². The van der Waals surface area contributed by atoms with Crippen molar-refractivity contribution in [1.29, 1.82) is 0 Å². The van der Waals surface area contributed by atoms with Crippen molar-refractivity contribution in [3.8, 4) is 0 Å². The molecule has 0 radical (unpaired) electrons. The normalized spacial score (nSPS) is 33.9. The third kappa shape index (κ3) is 4.25. The maximum atomic E-state index is 5.16. The summed E-state index contributed by atoms with van der Waals surface area (Å²) in [4.78, 5) is 18.0. The predicted octanol–water partition coefficient (Wildman–Crippen LogP) is 4.30. The van der Waals surface area contributed by atoms with Crippen LogP contribution in [0.25, 0.3) is 0 Å². The van der Waals surface area contributed by atoms with Crippen molar-refractivity contribution in [1.82, 2.24) is 19.8 Å². The Kier molecular flexibility index (Phi) is 6.29. The maximum absolute atomic E-state index is 5.16. The van der Waals surface area contributed by atoms with E-state index in [0.29, 0.717) is 18.0 Å². The van der Waals surface area contributed by atoms with Crippen LogP contribution in [0.2, 0.25) is 0 Å². The molecule has 0 aromatic carbocycles. The summed E-state index contributed by atoms with van der Waals surface area (Å²) in [6, 6.07) is 4.30. The fourth-order valence-electron chi connectivity index (χ4n) is 6.70. The molecule has 5 heteroatoms. The standard InChI is InChI=1S/C25H41N5/c1-3-14-28-17-22-8-9-23(18-28)30(22)24-10-13-26-25(27-24)20-11-15-29(16-12-20)21-6-4-19(2)5-7-21/h10,13,19-23H,3-9,11-12,14-18H2,1-2H3. The number of piperazine rings is 1. The molecule has 4 fully saturated rings. The minimum Gasteiger partial charge on any atom is -0.348 e. The molecule has 5 rings (SSSR count). The second-order valence-electron chi connectivity index (χ2n) is 10.5. The van der Waals surface area contributed by atoms with Crippen molar-refractivity contribution in [3.63, 3.8) is 0 Å². The van der Waals surface area contributed by atoms with Crippen LogP contribution >= 0.6 is 0 Å². The number of hydrogen-bond acceptors (Lipinski definition) is 5. The summed E-state index contributed by atoms with van der Waals surface area (Å²) in [7, 11) is 0. The van der Waals surface area contributed by atoms with Gasteiger partial charge in [-0.25, -0.2) is 9.97 Å². The van der Waals surface area contributed by atoms with Gasteiger partial charge in [0.15, 0.2) is 0 Å². The van der Waals surface area contributed by atoms with Gasteiger partial charge in [-0.15, -0.1) is 0 Å². The molecule has 30 heavy (non-hydrogen) atoms. The molecule has 0 N–H and O–H groups in total. The molecule has 1 aliphatic carbocycles. The summed E-state index contributed by atoms with van der Waals surface area (Å²) < 4.78 is 0. The molecule has 2 bridgehead atoms. The smallest absolute Gasteiger partial charge is 0.133 e. The Labute approximate surface area is 183 Å². The lowest BCUT2D eigenvalue weighted by atomic mass is 9.85. The zero-order chi connectivity index (χ0) is 20.5. The van der Waals surface area contributed by atoms with Crippen molar-refractivity contribution < 1.29 is 0 Å². The fraction of sp³-hybridized carbons (Fsp3) is 0.840. The number of rotatable bonds is 5. The first-order chi connectivity index (χ1) is 14.7. The molecule has 2 unspecified atom stereocenters. The van der Waals surface area contributed by atoms with Crippen LogP contribution in [0.1, 0.15) is 83.4 Å². The van der Waals surface area contributed by atoms with Gasteiger partial charge in [-0.1, -0.05) is 13.8 Å². The lowest BCUT2D eigenvalue weighted by Gasteiger charge is -2.42. The number of fused-ring (bicyclic) bond motifs is 2. The molecule has 4 aliphatic rings. The molecule has 5 nitrogen and oxygen atoms in total. The molecule has 166 valence electrons. The summed E-state index contributed by atoms with van der Waals surface area (Å²) >= 11 is 0. The second kappa shape index (κ2) is 9.12. The molecule has 0 spiro atoms. The molecule has 3 aliphatic heterocycles. The summed E-state index contributed by atoms with van der Waals surface area (Å²) in [5, 5.41) is 0. The number of likely N-dealkylation sites (tertiary alicyclic amines) is 2. The van der Waals surface area contributed by atoms with Crippen molar-refractivity contribution in [2.24, 2.45) is 5.92 Å². The van der Waals surface area contributed by atoms with Crippen LogP contribution in [0, 0.1) is 5.92 Å². The number of aromatic nitrogens is 2. The highest BCUT2D eigenvalue weighted by Crippen LogP contribution is 2.36. The van der Waals surface area contributed by atoms with Gasteiger partial charge in [-0.3, -0.25) is 4.90 Å². The minimum atomic E-state index is 0.544. The Morgan fingerprint density at radius 2 is 1.57 bits per heavy atom. The highest BCUT2D eigenvalue weighted by Gasteiger charge is 2.40. The molecule has 4 heterocycles. The van der Waals surface area contributed by atoms with Crippen molar-refractivity contribution in [2.45, 2.75) is 95.7 Å². The molecular formula is C25H41N5. The first kappa shape index (κ1) is 20.7. The van der Waals surface area contributed by atoms with Gasteiger partial charge in [0, 0.05) is 43.3 Å². The van der Waals surface area contributed by atoms with Gasteiger partial charge in [0.1, 0.15) is 11.6 Å². The molecule has 0 amide bonds. The van der Waals surface area contributed by atoms with Crippen molar-refractivity contribution in [3.05, 3.63) is 18.1 Å². The SMILES string of the molecule is CCCN1CC2CCC(C1)N2c1ccnc(C2CCN(C3CCC(C)CC3)CC2)n1. The largest absolute Gasteiger partial charge is 0.348 e. The lowest BCUT2D eigenvalue weighted by molar-refractivity contribution is 0.109. The molecule has 1 aromatic heterocycles. The van der Waals surface area contributed by atoms with E-state index in [0.717, 1.165) is 17.8 Å². The summed E-state index contributed by atoms with van der Waals surface area (Å²) in [5.74, 6) is 3.80. The number of nitrogens with zero attached hydrogens (tertiary/aromatic N) is 5. The first-order valence-electron chi connectivity index (χ1n) is 12.8. The molecule has 1 saturated carbocycles. The average Bonchev–Trinajstić information content (AvgIpc) is 3.05. The van der Waals surface area contributed by atoms with Crippen LogP contribution in [0.3, 0.4) is 0 Å². The van der Waals surface area contributed by atoms with Crippen LogP contribution in [0.5, 0.6) is 0 Å². The van der Waals surface area contributed by atoms with E-state index in [2.05, 4.69) is 34.6 Å². The third-order valence-electron chi connectivity index (χ3n) is 8.42. The topological polar surface area (TPSA) is 35.5 Å². The third-order valence-corrected chi connectivity index (χ3v) is 8.42. The van der Waals surface area contributed by atoms with E-state index in [1.54, 1.807) is 0 Å². The predicted molar refractivity (Wildman–Crippen MR) is 123 cm³/mol. The number of hydrogen-bond donors (Lipinski definition) is 0. The van der Waals surface area contributed by atoms with Crippen LogP contribution < -0.4 is 4.90 Å². The van der Waals surface area contributed by atoms with E-state index in [4.69, 9.17) is 9.97 Å². The Hall–Kier alpha value is -1.20. The Bertz CT molecular complexity index is 679. The summed E-state index contributed by atoms with van der Waals surface area (Å²) in [6.07, 6.45) is 14.0. The Balaban J connectivity index is 1.21. The monoisotopic (exact) mass is 411 g/mol. The van der Waals surface area contributed by atoms with Crippen LogP contribution in [0.15, 0.2) is 12.3 Å². The fourth-order valence-corrected chi connectivity index (χ4v) is 6.70. The first-order valence-corrected chi connectivity index (χ1v) is 12.8. The molecule has 3 saturated heterocycles. The van der Waals surface area contributed by atoms with Gasteiger partial charge >= 0.3 is 0 Å². The van der Waals surface area contributed by atoms with E-state index >= 15 is 0 Å². The summed E-state index contributed by atoms with van der Waals surface area (Å²) in [5.41, 5.74) is 0. The zero-order valence-corrected chi connectivity index (χ0v) is 19.2. The minimum absolute atomic E-state index is 0.544. The van der Waals surface area contributed by atoms with Crippen molar-refractivity contribution in [2.75, 3.05) is 37.6 Å². The quantitative estimate of drug-likeness (QED) is 0.722. The van der Waals surface area contributed by atoms with Crippen molar-refractivity contribution >= 4 is 5.82 Å². The summed E-state index contributed by atoms with van der Waals surface area (Å²) in [6.45, 7) is 10.8. The number of anilines is 1. The maximum Gasteiger partial charge on any atom is 0.133 e. The van der Waals surface area contributed by atoms with Crippen LogP contribution in [-0.4, -0.2) is 70.6 Å². The van der Waals surface area contributed by atoms with Crippen LogP contribution in [0.4, 0.5) is 5.82 Å². The average molecular weight is 412 g/mol. The van der Waals surface area contributed by atoms with E-state index in [-0.39, 0.29) is 0 Å². The van der Waals surface area contributed by atoms with Gasteiger partial charge in [-0.2, -0.15) is 0 Å². The molecule has 2 atom stereocenters. The lowest BCUT2D eigenvalue weighted by Crippen LogP contribution is -2.54. The van der Waals surface area contributed by atoms with E-state index < -0.39 is 0 Å². The zero-order valence-electron chi connectivity index (χ0n) is 19.2. The molecule has 1 aromatic rings. The highest BCUT2D eigenvalue weighted by molar-refractivity contribution is 5.44. The van der Waals surface area contributed by atoms with Gasteiger partial charge in [0.05, 0.1) is 0 Å². The van der Waals surface area contributed by atoms with E-state index in [1.807, 2.05) is 6.20 Å². The van der Waals surface area contributed by atoms with E-state index in [1.165, 1.54) is 96.3 Å². The number of piperidine rings is 1. The Morgan fingerprint density at radius 3 is 2.23 bits per heavy atom.